The number of nitrogens with one attached hydrogen (secondary N) is 1. The van der Waals surface area contributed by atoms with Crippen molar-refractivity contribution < 1.29 is 37.5 Å². The van der Waals surface area contributed by atoms with E-state index in [-0.39, 0.29) is 42.8 Å². The Morgan fingerprint density at radius 1 is 0.962 bits per heavy atom. The normalized spacial score (nSPS) is 27.1. The zero-order valence-corrected chi connectivity index (χ0v) is 28.8. The van der Waals surface area contributed by atoms with Crippen molar-refractivity contribution in [3.63, 3.8) is 0 Å². The first-order valence-corrected chi connectivity index (χ1v) is 17.4. The van der Waals surface area contributed by atoms with Crippen LogP contribution in [0.1, 0.15) is 42.4 Å². The Labute approximate surface area is 305 Å². The van der Waals surface area contributed by atoms with Gasteiger partial charge < -0.3 is 5.11 Å². The van der Waals surface area contributed by atoms with Crippen molar-refractivity contribution in [2.45, 2.75) is 37.3 Å². The number of halogens is 5. The molecule has 14 heteroatoms. The molecule has 4 aromatic rings. The molecule has 0 unspecified atom stereocenters. The molecule has 2 saturated heterocycles. The van der Waals surface area contributed by atoms with Crippen LogP contribution in [0.15, 0.2) is 84.6 Å². The van der Waals surface area contributed by atoms with E-state index in [9.17, 15) is 32.7 Å². The Kier molecular flexibility index (Phi) is 7.92. The van der Waals surface area contributed by atoms with Gasteiger partial charge in [-0.25, -0.2) is 4.98 Å². The third kappa shape index (κ3) is 4.80. The van der Waals surface area contributed by atoms with Gasteiger partial charge in [0.15, 0.2) is 5.82 Å². The summed E-state index contributed by atoms with van der Waals surface area (Å²) in [4.78, 5) is 62.5. The van der Waals surface area contributed by atoms with E-state index >= 15 is 4.79 Å². The Morgan fingerprint density at radius 3 is 2.38 bits per heavy atom. The lowest BCUT2D eigenvalue weighted by molar-refractivity contribution is -0.141. The monoisotopic (exact) mass is 748 g/mol. The first-order valence-electron chi connectivity index (χ1n) is 16.7. The molecule has 0 radical (unpaired) electrons. The number of hydrazine groups is 1. The molecule has 6 atom stereocenters. The van der Waals surface area contributed by atoms with Gasteiger partial charge in [0.1, 0.15) is 5.75 Å². The summed E-state index contributed by atoms with van der Waals surface area (Å²) in [6.45, 7) is 1.89. The van der Waals surface area contributed by atoms with Crippen LogP contribution in [0.25, 0.3) is 10.8 Å². The summed E-state index contributed by atoms with van der Waals surface area (Å²) >= 11 is 12.6. The van der Waals surface area contributed by atoms with Crippen LogP contribution >= 0.6 is 23.2 Å². The maximum absolute atomic E-state index is 15.3. The Morgan fingerprint density at radius 2 is 1.69 bits per heavy atom. The molecule has 3 fully saturated rings. The molecule has 2 N–H and O–H groups in total. The van der Waals surface area contributed by atoms with Crippen LogP contribution < -0.4 is 5.43 Å². The summed E-state index contributed by atoms with van der Waals surface area (Å²) in [5.74, 6) is -7.02. The zero-order chi connectivity index (χ0) is 36.9. The molecule has 9 nitrogen and oxygen atoms in total. The van der Waals surface area contributed by atoms with Gasteiger partial charge >= 0.3 is 6.18 Å². The third-order valence-corrected chi connectivity index (χ3v) is 11.7. The van der Waals surface area contributed by atoms with E-state index in [1.54, 1.807) is 55.5 Å². The molecule has 3 aromatic carbocycles. The molecule has 4 aliphatic rings. The van der Waals surface area contributed by atoms with Gasteiger partial charge in [0, 0.05) is 34.6 Å². The van der Waals surface area contributed by atoms with Crippen LogP contribution in [0.4, 0.5) is 19.0 Å². The van der Waals surface area contributed by atoms with Gasteiger partial charge in [-0.2, -0.15) is 18.2 Å². The zero-order valence-electron chi connectivity index (χ0n) is 27.3. The molecule has 3 heterocycles. The minimum atomic E-state index is -4.74. The maximum Gasteiger partial charge on any atom is 0.417 e. The van der Waals surface area contributed by atoms with E-state index in [0.717, 1.165) is 10.4 Å². The van der Waals surface area contributed by atoms with Crippen LogP contribution in [-0.2, 0) is 30.8 Å². The number of allylic oxidation sites excluding steroid dienone is 2. The second-order valence-corrected chi connectivity index (χ2v) is 14.4. The van der Waals surface area contributed by atoms with Crippen LogP contribution in [0.3, 0.4) is 0 Å². The van der Waals surface area contributed by atoms with Gasteiger partial charge in [-0.1, -0.05) is 83.4 Å². The first kappa shape index (κ1) is 34.2. The Hall–Kier alpha value is -4.94. The summed E-state index contributed by atoms with van der Waals surface area (Å²) in [5, 5.41) is 13.9. The molecule has 8 rings (SSSR count). The second kappa shape index (κ2) is 12.1. The van der Waals surface area contributed by atoms with Crippen molar-refractivity contribution >= 4 is 63.4 Å². The number of phenols is 1. The molecule has 2 aliphatic carbocycles. The number of nitrogens with zero attached hydrogens (tertiary/aromatic N) is 3. The minimum absolute atomic E-state index is 0.0199. The molecular formula is C38H29Cl2F3N4O5. The minimum Gasteiger partial charge on any atom is -0.507 e. The van der Waals surface area contributed by atoms with Crippen molar-refractivity contribution in [1.82, 2.24) is 14.9 Å². The quantitative estimate of drug-likeness (QED) is 0.163. The van der Waals surface area contributed by atoms with Crippen molar-refractivity contribution in [1.29, 1.82) is 0 Å². The maximum atomic E-state index is 15.3. The Balaban J connectivity index is 1.37. The number of hydrogen-bond donors (Lipinski definition) is 2. The van der Waals surface area contributed by atoms with Crippen LogP contribution in [0.2, 0.25) is 10.0 Å². The highest BCUT2D eigenvalue weighted by Gasteiger charge is 2.70. The van der Waals surface area contributed by atoms with E-state index < -0.39 is 63.6 Å². The topological polar surface area (TPSA) is 120 Å². The van der Waals surface area contributed by atoms with E-state index in [0.29, 0.717) is 39.4 Å². The SMILES string of the molecule is CCN1C(=O)[C@H]2[C@H](CC=C3[C@H]2C[C@H]2C(=O)N(Nc4ncc(C(F)(F)F)cc4Cl)C(=O)[C@@]2(c2ccc(Cl)cc2)[C@H]3c2ccc3ccccc3c2O)C1=O. The number of carbonyl (C=O) groups is 4. The molecule has 2 aliphatic heterocycles. The molecule has 1 saturated carbocycles. The number of hydrogen-bond acceptors (Lipinski definition) is 7. The van der Waals surface area contributed by atoms with Crippen molar-refractivity contribution in [3.05, 3.63) is 111 Å². The predicted octanol–water partition coefficient (Wildman–Crippen LogP) is 7.27. The highest BCUT2D eigenvalue weighted by Crippen LogP contribution is 2.65. The summed E-state index contributed by atoms with van der Waals surface area (Å²) in [5.41, 5.74) is 1.07. The fourth-order valence-electron chi connectivity index (χ4n) is 9.01. The van der Waals surface area contributed by atoms with Crippen LogP contribution in [0, 0.1) is 23.7 Å². The van der Waals surface area contributed by atoms with Gasteiger partial charge in [0.05, 0.1) is 33.8 Å². The van der Waals surface area contributed by atoms with Gasteiger partial charge in [-0.15, -0.1) is 0 Å². The number of imide groups is 2. The summed E-state index contributed by atoms with van der Waals surface area (Å²) in [6.07, 6.45) is -2.15. The molecule has 0 bridgehead atoms. The molecule has 0 spiro atoms. The number of pyridine rings is 1. The highest BCUT2D eigenvalue weighted by atomic mass is 35.5. The average molecular weight is 750 g/mol. The fourth-order valence-corrected chi connectivity index (χ4v) is 9.34. The molecule has 52 heavy (non-hydrogen) atoms. The van der Waals surface area contributed by atoms with Gasteiger partial charge in [0.25, 0.3) is 11.8 Å². The number of likely N-dealkylation sites (tertiary alicyclic amines) is 1. The van der Waals surface area contributed by atoms with Gasteiger partial charge in [-0.05, 0) is 54.8 Å². The summed E-state index contributed by atoms with van der Waals surface area (Å²) in [7, 11) is 0. The molecule has 1 aromatic heterocycles. The van der Waals surface area contributed by atoms with Crippen molar-refractivity contribution in [2.24, 2.45) is 23.7 Å². The highest BCUT2D eigenvalue weighted by molar-refractivity contribution is 6.33. The number of phenolic OH excluding ortho intramolecular Hbond substituents is 1. The third-order valence-electron chi connectivity index (χ3n) is 11.2. The van der Waals surface area contributed by atoms with E-state index in [1.807, 2.05) is 18.2 Å². The lowest BCUT2D eigenvalue weighted by Gasteiger charge is -2.50. The summed E-state index contributed by atoms with van der Waals surface area (Å²) < 4.78 is 40.3. The lowest BCUT2D eigenvalue weighted by atomic mass is 9.49. The fraction of sp³-hybridized carbons (Fsp3) is 0.289. The summed E-state index contributed by atoms with van der Waals surface area (Å²) in [6, 6.07) is 17.7. The Bertz CT molecular complexity index is 2250. The number of aromatic hydroxyl groups is 1. The van der Waals surface area contributed by atoms with Gasteiger partial charge in [0.2, 0.25) is 11.8 Å². The smallest absolute Gasteiger partial charge is 0.417 e. The molecule has 266 valence electrons. The molecular weight excluding hydrogens is 720 g/mol. The number of anilines is 1. The lowest BCUT2D eigenvalue weighted by Crippen LogP contribution is -2.53. The second-order valence-electron chi connectivity index (χ2n) is 13.6. The molecule has 4 amide bonds. The van der Waals surface area contributed by atoms with Crippen molar-refractivity contribution in [2.75, 3.05) is 12.0 Å². The van der Waals surface area contributed by atoms with E-state index in [4.69, 9.17) is 23.2 Å². The number of alkyl halides is 3. The number of fused-ring (bicyclic) bond motifs is 5. The number of rotatable bonds is 5. The van der Waals surface area contributed by atoms with Crippen LogP contribution in [-0.4, -0.2) is 50.2 Å². The standard InChI is InChI=1S/C38H29Cl2F3N4O5/c1-2-46-33(49)24-14-13-23-26(29(24)35(46)51)16-27-34(50)47(45-32-28(40)15-20(17-44-32)38(41,42)43)36(52)37(27,19-8-10-21(39)11-9-19)30(23)25-12-7-18-5-3-4-6-22(18)31(25)48/h3-13,15,17,24,26-27,29-30,48H,2,14,16H2,1H3,(H,44,45)/t24-,26+,27-,29-,30+,37+/m0/s1. The largest absolute Gasteiger partial charge is 0.507 e. The number of aromatic nitrogens is 1. The number of amides is 4. The van der Waals surface area contributed by atoms with Crippen LogP contribution in [0.5, 0.6) is 5.75 Å². The average Bonchev–Trinajstić information content (AvgIpc) is 3.49. The van der Waals surface area contributed by atoms with Crippen molar-refractivity contribution in [3.8, 4) is 5.75 Å². The number of carbonyl (C=O) groups excluding carboxylic acids is 4. The number of benzene rings is 3. The van der Waals surface area contributed by atoms with Gasteiger partial charge in [-0.3, -0.25) is 29.5 Å². The first-order chi connectivity index (χ1) is 24.8. The van der Waals surface area contributed by atoms with E-state index in [2.05, 4.69) is 10.4 Å². The predicted molar refractivity (Wildman–Crippen MR) is 185 cm³/mol. The van der Waals surface area contributed by atoms with E-state index in [1.165, 1.54) is 4.90 Å².